The zero-order valence-corrected chi connectivity index (χ0v) is 30.1. The normalized spacial score (nSPS) is 14.8. The Kier molecular flexibility index (Phi) is 6.60. The van der Waals surface area contributed by atoms with E-state index in [0.717, 1.165) is 11.4 Å². The van der Waals surface area contributed by atoms with Gasteiger partial charge >= 0.3 is 0 Å². The summed E-state index contributed by atoms with van der Waals surface area (Å²) in [5, 5.41) is 4.93. The number of para-hydroxylation sites is 2. The Morgan fingerprint density at radius 1 is 0.404 bits per heavy atom. The molecule has 2 aliphatic rings. The molecule has 2 nitrogen and oxygen atoms in total. The highest BCUT2D eigenvalue weighted by Crippen LogP contribution is 2.60. The van der Waals surface area contributed by atoms with Gasteiger partial charge in [0.15, 0.2) is 0 Å². The fourth-order valence-corrected chi connectivity index (χ4v) is 9.01. The van der Waals surface area contributed by atoms with Crippen molar-refractivity contribution in [3.05, 3.63) is 192 Å². The van der Waals surface area contributed by atoms with Crippen LogP contribution < -0.4 is 9.80 Å². The molecular weight excluding hydrogens is 629 g/mol. The van der Waals surface area contributed by atoms with Crippen molar-refractivity contribution in [1.82, 2.24) is 0 Å². The van der Waals surface area contributed by atoms with Crippen molar-refractivity contribution >= 4 is 55.7 Å². The molecule has 0 radical (unpaired) electrons. The first-order chi connectivity index (χ1) is 25.3. The number of nitrogens with zero attached hydrogens (tertiary/aromatic N) is 2. The lowest BCUT2D eigenvalue weighted by molar-refractivity contribution is 0.597. The summed E-state index contributed by atoms with van der Waals surface area (Å²) < 4.78 is 0. The van der Waals surface area contributed by atoms with Gasteiger partial charge in [-0.15, -0.1) is 0 Å². The van der Waals surface area contributed by atoms with E-state index in [2.05, 4.69) is 207 Å². The predicted octanol–water partition coefficient (Wildman–Crippen LogP) is 13.9. The molecule has 52 heavy (non-hydrogen) atoms. The third-order valence-corrected chi connectivity index (χ3v) is 11.8. The third kappa shape index (κ3) is 4.43. The molecule has 0 aliphatic carbocycles. The van der Waals surface area contributed by atoms with Crippen LogP contribution in [0.3, 0.4) is 0 Å². The summed E-state index contributed by atoms with van der Waals surface area (Å²) in [7, 11) is 0. The van der Waals surface area contributed by atoms with E-state index in [1.54, 1.807) is 0 Å². The predicted molar refractivity (Wildman–Crippen MR) is 221 cm³/mol. The Balaban J connectivity index is 1.10. The van der Waals surface area contributed by atoms with Crippen LogP contribution in [0.4, 0.5) is 34.1 Å². The van der Waals surface area contributed by atoms with E-state index in [-0.39, 0.29) is 10.8 Å². The van der Waals surface area contributed by atoms with Gasteiger partial charge in [-0.2, -0.15) is 0 Å². The van der Waals surface area contributed by atoms with Crippen molar-refractivity contribution in [3.63, 3.8) is 0 Å². The molecule has 10 rings (SSSR count). The highest BCUT2D eigenvalue weighted by Gasteiger charge is 2.45. The van der Waals surface area contributed by atoms with Gasteiger partial charge in [-0.05, 0) is 98.1 Å². The number of hydrogen-bond donors (Lipinski definition) is 0. The first-order valence-electron chi connectivity index (χ1n) is 18.4. The lowest BCUT2D eigenvalue weighted by Crippen LogP contribution is -2.38. The average Bonchev–Trinajstić information content (AvgIpc) is 3.18. The maximum Gasteiger partial charge on any atom is 0.0543 e. The zero-order valence-electron chi connectivity index (χ0n) is 30.1. The Morgan fingerprint density at radius 3 is 1.79 bits per heavy atom. The smallest absolute Gasteiger partial charge is 0.0543 e. The van der Waals surface area contributed by atoms with Crippen LogP contribution in [0.15, 0.2) is 170 Å². The molecule has 0 spiro atoms. The highest BCUT2D eigenvalue weighted by atomic mass is 15.2. The van der Waals surface area contributed by atoms with E-state index < -0.39 is 0 Å². The highest BCUT2D eigenvalue weighted by molar-refractivity contribution is 6.00. The summed E-state index contributed by atoms with van der Waals surface area (Å²) in [6.45, 7) is 9.53. The van der Waals surface area contributed by atoms with Gasteiger partial charge < -0.3 is 9.80 Å². The van der Waals surface area contributed by atoms with Crippen LogP contribution in [0.2, 0.25) is 0 Å². The summed E-state index contributed by atoms with van der Waals surface area (Å²) in [4.78, 5) is 4.93. The van der Waals surface area contributed by atoms with Crippen molar-refractivity contribution < 1.29 is 0 Å². The van der Waals surface area contributed by atoms with Crippen LogP contribution in [0.1, 0.15) is 49.9 Å². The van der Waals surface area contributed by atoms with Gasteiger partial charge in [-0.1, -0.05) is 149 Å². The topological polar surface area (TPSA) is 6.48 Å². The van der Waals surface area contributed by atoms with Crippen LogP contribution in [-0.4, -0.2) is 0 Å². The minimum Gasteiger partial charge on any atom is -0.310 e. The van der Waals surface area contributed by atoms with Crippen LogP contribution in [0.25, 0.3) is 32.7 Å². The summed E-state index contributed by atoms with van der Waals surface area (Å²) >= 11 is 0. The number of hydrogen-bond acceptors (Lipinski definition) is 2. The molecule has 8 aromatic carbocycles. The largest absolute Gasteiger partial charge is 0.310 e. The molecule has 0 atom stereocenters. The van der Waals surface area contributed by atoms with E-state index in [1.165, 1.54) is 77.7 Å². The third-order valence-electron chi connectivity index (χ3n) is 11.8. The standard InChI is InChI=1S/C50H40N2/c1-49(2)41-18-9-10-21-46(41)52-47-30-26-37(32-44(47)50(3,4)43-20-12-19-42(49)48(43)52)34-23-27-38(28-24-34)51(39-29-25-33-13-5-6-15-36(33)31-39)45-22-11-16-35-14-7-8-17-40(35)45/h5-32H,1-4H3. The molecule has 0 unspecified atom stereocenters. The molecule has 250 valence electrons. The number of anilines is 6. The minimum atomic E-state index is -0.170. The molecular formula is C50H40N2. The second-order valence-corrected chi connectivity index (χ2v) is 15.4. The Labute approximate surface area is 306 Å². The summed E-state index contributed by atoms with van der Waals surface area (Å²) in [5.41, 5.74) is 15.0. The fraction of sp³-hybridized carbons (Fsp3) is 0.120. The quantitative estimate of drug-likeness (QED) is 0.184. The monoisotopic (exact) mass is 668 g/mol. The van der Waals surface area contributed by atoms with Gasteiger partial charge in [-0.3, -0.25) is 0 Å². The van der Waals surface area contributed by atoms with E-state index in [0.29, 0.717) is 0 Å². The zero-order chi connectivity index (χ0) is 35.2. The molecule has 2 heteroatoms. The molecule has 0 aromatic heterocycles. The van der Waals surface area contributed by atoms with Gasteiger partial charge in [0, 0.05) is 27.6 Å². The van der Waals surface area contributed by atoms with Gasteiger partial charge in [0.05, 0.1) is 22.7 Å². The number of rotatable bonds is 4. The second kappa shape index (κ2) is 11.2. The summed E-state index contributed by atoms with van der Waals surface area (Å²) in [5.74, 6) is 0. The van der Waals surface area contributed by atoms with Gasteiger partial charge in [0.1, 0.15) is 0 Å². The second-order valence-electron chi connectivity index (χ2n) is 15.4. The molecule has 0 N–H and O–H groups in total. The summed E-state index contributed by atoms with van der Waals surface area (Å²) in [6, 6.07) is 62.8. The Bertz CT molecular complexity index is 2690. The molecule has 0 amide bonds. The van der Waals surface area contributed by atoms with Crippen LogP contribution >= 0.6 is 0 Å². The Hall–Kier alpha value is -6.12. The lowest BCUT2D eigenvalue weighted by Gasteiger charge is -2.49. The van der Waals surface area contributed by atoms with Gasteiger partial charge in [-0.25, -0.2) is 0 Å². The van der Waals surface area contributed by atoms with Crippen LogP contribution in [-0.2, 0) is 10.8 Å². The van der Waals surface area contributed by atoms with E-state index in [4.69, 9.17) is 0 Å². The van der Waals surface area contributed by atoms with Crippen molar-refractivity contribution in [3.8, 4) is 11.1 Å². The van der Waals surface area contributed by atoms with Crippen LogP contribution in [0, 0.1) is 0 Å². The molecule has 8 aromatic rings. The molecule has 0 saturated carbocycles. The molecule has 2 heterocycles. The molecule has 2 aliphatic heterocycles. The average molecular weight is 669 g/mol. The Morgan fingerprint density at radius 2 is 0.981 bits per heavy atom. The van der Waals surface area contributed by atoms with Crippen molar-refractivity contribution in [1.29, 1.82) is 0 Å². The van der Waals surface area contributed by atoms with Crippen molar-refractivity contribution in [2.75, 3.05) is 9.80 Å². The molecule has 0 saturated heterocycles. The van der Waals surface area contributed by atoms with E-state index in [1.807, 2.05) is 0 Å². The first kappa shape index (κ1) is 30.7. The SMILES string of the molecule is CC1(C)c2ccccc2N2c3ccc(-c4ccc(N(c5ccc6ccccc6c5)c5cccc6ccccc56)cc4)cc3C(C)(C)c3cccc1c32. The molecule has 0 bridgehead atoms. The molecule has 0 fully saturated rings. The van der Waals surface area contributed by atoms with E-state index >= 15 is 0 Å². The fourth-order valence-electron chi connectivity index (χ4n) is 9.01. The lowest BCUT2D eigenvalue weighted by atomic mass is 9.66. The number of benzene rings is 8. The van der Waals surface area contributed by atoms with Crippen molar-refractivity contribution in [2.24, 2.45) is 0 Å². The minimum absolute atomic E-state index is 0.0829. The van der Waals surface area contributed by atoms with Crippen LogP contribution in [0.5, 0.6) is 0 Å². The number of fused-ring (bicyclic) bond motifs is 6. The first-order valence-corrected chi connectivity index (χ1v) is 18.4. The van der Waals surface area contributed by atoms with Gasteiger partial charge in [0.2, 0.25) is 0 Å². The maximum atomic E-state index is 2.53. The summed E-state index contributed by atoms with van der Waals surface area (Å²) in [6.07, 6.45) is 0. The van der Waals surface area contributed by atoms with Crippen molar-refractivity contribution in [2.45, 2.75) is 38.5 Å². The van der Waals surface area contributed by atoms with Gasteiger partial charge in [0.25, 0.3) is 0 Å². The van der Waals surface area contributed by atoms with E-state index in [9.17, 15) is 0 Å². The maximum absolute atomic E-state index is 2.53.